The molecule has 0 unspecified atom stereocenters. The van der Waals surface area contributed by atoms with E-state index in [1.54, 1.807) is 29.9 Å². The molecule has 0 bridgehead atoms. The summed E-state index contributed by atoms with van der Waals surface area (Å²) in [4.78, 5) is 28.5. The summed E-state index contributed by atoms with van der Waals surface area (Å²) in [6, 6.07) is 17.1. The fourth-order valence-corrected chi connectivity index (χ4v) is 3.56. The monoisotopic (exact) mass is 412 g/mol. The molecule has 0 fully saturated rings. The summed E-state index contributed by atoms with van der Waals surface area (Å²) >= 11 is 0. The van der Waals surface area contributed by atoms with E-state index in [1.165, 1.54) is 0 Å². The number of carbonyl (C=O) groups is 2. The summed E-state index contributed by atoms with van der Waals surface area (Å²) in [5.41, 5.74) is 5.62. The maximum absolute atomic E-state index is 12.2. The van der Waals surface area contributed by atoms with Crippen LogP contribution < -0.4 is 5.32 Å². The van der Waals surface area contributed by atoms with Gasteiger partial charge in [-0.1, -0.05) is 44.2 Å². The van der Waals surface area contributed by atoms with E-state index in [0.717, 1.165) is 28.1 Å². The third kappa shape index (κ3) is 4.38. The van der Waals surface area contributed by atoms with Crippen molar-refractivity contribution in [1.29, 1.82) is 0 Å². The van der Waals surface area contributed by atoms with E-state index in [4.69, 9.17) is 0 Å². The van der Waals surface area contributed by atoms with Gasteiger partial charge < -0.3 is 5.32 Å². The zero-order valence-corrected chi connectivity index (χ0v) is 17.8. The second-order valence-corrected chi connectivity index (χ2v) is 7.99. The van der Waals surface area contributed by atoms with Crippen LogP contribution in [0.1, 0.15) is 37.6 Å². The molecule has 0 saturated carbocycles. The molecule has 0 spiro atoms. The van der Waals surface area contributed by atoms with Crippen molar-refractivity contribution in [2.45, 2.75) is 27.2 Å². The standard InChI is InChI=1S/C25H24N4O2/c1-16(2)12-24(31)28-21-9-5-8-20(14-21)23-10-11-26-25-22(15-27-29(23)25)19-7-4-6-18(13-19)17(3)30/h4-11,13-16H,12H2,1-3H3,(H,28,31). The second kappa shape index (κ2) is 8.52. The van der Waals surface area contributed by atoms with Crippen LogP contribution in [0, 0.1) is 5.92 Å². The minimum atomic E-state index is -0.00115. The minimum Gasteiger partial charge on any atom is -0.326 e. The number of rotatable bonds is 6. The van der Waals surface area contributed by atoms with Crippen LogP contribution in [-0.2, 0) is 4.79 Å². The quantitative estimate of drug-likeness (QED) is 0.439. The molecule has 4 aromatic rings. The molecule has 156 valence electrons. The smallest absolute Gasteiger partial charge is 0.224 e. The fraction of sp³-hybridized carbons (Fsp3) is 0.200. The van der Waals surface area contributed by atoms with Gasteiger partial charge in [-0.15, -0.1) is 0 Å². The highest BCUT2D eigenvalue weighted by Gasteiger charge is 2.13. The highest BCUT2D eigenvalue weighted by atomic mass is 16.1. The lowest BCUT2D eigenvalue weighted by Crippen LogP contribution is -2.13. The first-order valence-corrected chi connectivity index (χ1v) is 10.3. The molecule has 2 aromatic heterocycles. The van der Waals surface area contributed by atoms with Crippen molar-refractivity contribution < 1.29 is 9.59 Å². The topological polar surface area (TPSA) is 76.4 Å². The molecule has 1 N–H and O–H groups in total. The number of aromatic nitrogens is 3. The first-order valence-electron chi connectivity index (χ1n) is 10.3. The Balaban J connectivity index is 1.72. The lowest BCUT2D eigenvalue weighted by Gasteiger charge is -2.10. The molecule has 0 aliphatic carbocycles. The van der Waals surface area contributed by atoms with Gasteiger partial charge in [0.05, 0.1) is 11.9 Å². The Kier molecular flexibility index (Phi) is 5.62. The number of amides is 1. The molecule has 0 aliphatic heterocycles. The highest BCUT2D eigenvalue weighted by Crippen LogP contribution is 2.28. The summed E-state index contributed by atoms with van der Waals surface area (Å²) < 4.78 is 1.78. The highest BCUT2D eigenvalue weighted by molar-refractivity contribution is 5.96. The van der Waals surface area contributed by atoms with Crippen molar-refractivity contribution in [1.82, 2.24) is 14.6 Å². The Morgan fingerprint density at radius 2 is 1.81 bits per heavy atom. The number of Topliss-reactive ketones (excluding diaryl/α,β-unsaturated/α-hetero) is 1. The number of hydrogen-bond donors (Lipinski definition) is 1. The SMILES string of the molecule is CC(=O)c1cccc(-c2cnn3c(-c4cccc(NC(=O)CC(C)C)c4)ccnc23)c1. The maximum atomic E-state index is 12.2. The van der Waals surface area contributed by atoms with Gasteiger partial charge >= 0.3 is 0 Å². The van der Waals surface area contributed by atoms with Gasteiger partial charge in [0.25, 0.3) is 0 Å². The molecule has 2 heterocycles. The average molecular weight is 412 g/mol. The van der Waals surface area contributed by atoms with Gasteiger partial charge in [0.1, 0.15) is 0 Å². The van der Waals surface area contributed by atoms with Crippen LogP contribution in [0.4, 0.5) is 5.69 Å². The number of hydrogen-bond acceptors (Lipinski definition) is 4. The molecule has 6 nitrogen and oxygen atoms in total. The van der Waals surface area contributed by atoms with Gasteiger partial charge in [0, 0.05) is 35.0 Å². The number of ketones is 1. The van der Waals surface area contributed by atoms with Crippen LogP contribution >= 0.6 is 0 Å². The zero-order valence-electron chi connectivity index (χ0n) is 17.8. The third-order valence-electron chi connectivity index (χ3n) is 5.02. The van der Waals surface area contributed by atoms with Gasteiger partial charge in [-0.05, 0) is 42.7 Å². The van der Waals surface area contributed by atoms with Crippen LogP contribution in [0.15, 0.2) is 67.0 Å². The van der Waals surface area contributed by atoms with Crippen molar-refractivity contribution >= 4 is 23.0 Å². The van der Waals surface area contributed by atoms with Gasteiger partial charge in [-0.3, -0.25) is 9.59 Å². The first kappa shape index (κ1) is 20.5. The zero-order chi connectivity index (χ0) is 22.0. The minimum absolute atomic E-state index is 0.00115. The number of nitrogens with one attached hydrogen (secondary N) is 1. The number of fused-ring (bicyclic) bond motifs is 1. The van der Waals surface area contributed by atoms with E-state index < -0.39 is 0 Å². The molecular weight excluding hydrogens is 388 g/mol. The van der Waals surface area contributed by atoms with Crippen molar-refractivity contribution in [3.63, 3.8) is 0 Å². The van der Waals surface area contributed by atoms with Crippen molar-refractivity contribution in [2.75, 3.05) is 5.32 Å². The van der Waals surface area contributed by atoms with E-state index in [2.05, 4.69) is 15.4 Å². The number of carbonyl (C=O) groups excluding carboxylic acids is 2. The van der Waals surface area contributed by atoms with Crippen LogP contribution in [-0.4, -0.2) is 26.3 Å². The van der Waals surface area contributed by atoms with E-state index in [0.29, 0.717) is 23.5 Å². The predicted octanol–water partition coefficient (Wildman–Crippen LogP) is 5.25. The fourth-order valence-electron chi connectivity index (χ4n) is 3.56. The average Bonchev–Trinajstić information content (AvgIpc) is 3.17. The largest absolute Gasteiger partial charge is 0.326 e. The van der Waals surface area contributed by atoms with E-state index in [9.17, 15) is 9.59 Å². The van der Waals surface area contributed by atoms with Crippen LogP contribution in [0.25, 0.3) is 28.0 Å². The Morgan fingerprint density at radius 1 is 1.03 bits per heavy atom. The molecule has 0 aliphatic rings. The molecule has 1 amide bonds. The molecular formula is C25H24N4O2. The van der Waals surface area contributed by atoms with Crippen LogP contribution in [0.5, 0.6) is 0 Å². The number of benzene rings is 2. The molecule has 2 aromatic carbocycles. The van der Waals surface area contributed by atoms with Crippen LogP contribution in [0.2, 0.25) is 0 Å². The molecule has 6 heteroatoms. The lowest BCUT2D eigenvalue weighted by atomic mass is 10.0. The number of anilines is 1. The summed E-state index contributed by atoms with van der Waals surface area (Å²) in [5.74, 6) is 0.314. The lowest BCUT2D eigenvalue weighted by molar-refractivity contribution is -0.116. The summed E-state index contributed by atoms with van der Waals surface area (Å²) in [6.45, 7) is 5.59. The maximum Gasteiger partial charge on any atom is 0.224 e. The number of nitrogens with zero attached hydrogens (tertiary/aromatic N) is 3. The molecule has 0 atom stereocenters. The Labute approximate surface area is 180 Å². The predicted molar refractivity (Wildman–Crippen MR) is 122 cm³/mol. The summed E-state index contributed by atoms with van der Waals surface area (Å²) in [6.07, 6.45) is 3.99. The Morgan fingerprint density at radius 3 is 2.58 bits per heavy atom. The molecule has 4 rings (SSSR count). The van der Waals surface area contributed by atoms with E-state index in [1.807, 2.05) is 62.4 Å². The second-order valence-electron chi connectivity index (χ2n) is 7.99. The Hall–Kier alpha value is -3.80. The summed E-state index contributed by atoms with van der Waals surface area (Å²) in [7, 11) is 0. The summed E-state index contributed by atoms with van der Waals surface area (Å²) in [5, 5.41) is 7.52. The van der Waals surface area contributed by atoms with Crippen LogP contribution in [0.3, 0.4) is 0 Å². The van der Waals surface area contributed by atoms with Gasteiger partial charge in [0.15, 0.2) is 11.4 Å². The Bertz CT molecular complexity index is 1270. The third-order valence-corrected chi connectivity index (χ3v) is 5.02. The molecule has 0 radical (unpaired) electrons. The van der Waals surface area contributed by atoms with Gasteiger partial charge in [-0.25, -0.2) is 9.50 Å². The van der Waals surface area contributed by atoms with Crippen molar-refractivity contribution in [3.05, 3.63) is 72.6 Å². The molecule has 31 heavy (non-hydrogen) atoms. The van der Waals surface area contributed by atoms with Gasteiger partial charge in [-0.2, -0.15) is 5.10 Å². The van der Waals surface area contributed by atoms with E-state index >= 15 is 0 Å². The first-order chi connectivity index (χ1) is 14.9. The normalized spacial score (nSPS) is 11.1. The van der Waals surface area contributed by atoms with Crippen molar-refractivity contribution in [3.8, 4) is 22.4 Å². The molecule has 0 saturated heterocycles. The van der Waals surface area contributed by atoms with Crippen molar-refractivity contribution in [2.24, 2.45) is 5.92 Å². The van der Waals surface area contributed by atoms with Gasteiger partial charge in [0.2, 0.25) is 5.91 Å². The van der Waals surface area contributed by atoms with E-state index in [-0.39, 0.29) is 11.7 Å².